The number of piperazine rings is 1. The highest BCUT2D eigenvalue weighted by atomic mass is 16.2. The highest BCUT2D eigenvalue weighted by Gasteiger charge is 2.41. The van der Waals surface area contributed by atoms with Crippen molar-refractivity contribution in [1.29, 1.82) is 0 Å². The Hall–Kier alpha value is -2.96. The molecule has 0 aliphatic carbocycles. The highest BCUT2D eigenvalue weighted by molar-refractivity contribution is 5.98. The second-order valence-electron chi connectivity index (χ2n) is 8.21. The summed E-state index contributed by atoms with van der Waals surface area (Å²) in [7, 11) is 0. The summed E-state index contributed by atoms with van der Waals surface area (Å²) in [5, 5.41) is 0.917. The van der Waals surface area contributed by atoms with Gasteiger partial charge in [-0.2, -0.15) is 0 Å². The summed E-state index contributed by atoms with van der Waals surface area (Å²) in [4.78, 5) is 48.0. The molecule has 29 heavy (non-hydrogen) atoms. The normalized spacial score (nSPS) is 20.2. The summed E-state index contributed by atoms with van der Waals surface area (Å²) in [6.45, 7) is 6.09. The van der Waals surface area contributed by atoms with Crippen LogP contribution in [0, 0.1) is 5.92 Å². The van der Waals surface area contributed by atoms with Crippen LogP contribution >= 0.6 is 0 Å². The standard InChI is InChI=1S/C22H26N4O3/c1-15(2)13-25-14-20(27)26-11-10-24(9-7-19(26)22(25)29)21(28)17-5-6-18-16(12-17)4-3-8-23-18/h3-6,8,12,15,19H,7,9-11,13-14H2,1-2H3. The van der Waals surface area contributed by atoms with Gasteiger partial charge in [-0.1, -0.05) is 19.9 Å². The number of benzene rings is 1. The van der Waals surface area contributed by atoms with Gasteiger partial charge in [0.2, 0.25) is 11.8 Å². The van der Waals surface area contributed by atoms with Gasteiger partial charge in [0, 0.05) is 43.3 Å². The van der Waals surface area contributed by atoms with Gasteiger partial charge in [0.15, 0.2) is 0 Å². The van der Waals surface area contributed by atoms with Gasteiger partial charge in [-0.05, 0) is 36.6 Å². The molecule has 2 aliphatic rings. The molecule has 7 nitrogen and oxygen atoms in total. The zero-order chi connectivity index (χ0) is 20.5. The number of amides is 3. The summed E-state index contributed by atoms with van der Waals surface area (Å²) >= 11 is 0. The zero-order valence-electron chi connectivity index (χ0n) is 16.9. The predicted octanol–water partition coefficient (Wildman–Crippen LogP) is 1.78. The Balaban J connectivity index is 1.51. The summed E-state index contributed by atoms with van der Waals surface area (Å²) in [5.41, 5.74) is 1.45. The highest BCUT2D eigenvalue weighted by Crippen LogP contribution is 2.22. The minimum atomic E-state index is -0.464. The van der Waals surface area contributed by atoms with Crippen LogP contribution < -0.4 is 0 Å². The van der Waals surface area contributed by atoms with E-state index in [9.17, 15) is 14.4 Å². The summed E-state index contributed by atoms with van der Waals surface area (Å²) in [5.74, 6) is 0.213. The van der Waals surface area contributed by atoms with Gasteiger partial charge < -0.3 is 14.7 Å². The predicted molar refractivity (Wildman–Crippen MR) is 109 cm³/mol. The number of carbonyl (C=O) groups excluding carboxylic acids is 3. The first kappa shape index (κ1) is 19.4. The summed E-state index contributed by atoms with van der Waals surface area (Å²) < 4.78 is 0. The van der Waals surface area contributed by atoms with Crippen molar-refractivity contribution >= 4 is 28.6 Å². The van der Waals surface area contributed by atoms with E-state index in [4.69, 9.17) is 0 Å². The van der Waals surface area contributed by atoms with Crippen LogP contribution in [0.15, 0.2) is 36.5 Å². The fourth-order valence-electron chi connectivity index (χ4n) is 4.22. The quantitative estimate of drug-likeness (QED) is 0.795. The average Bonchev–Trinajstić information content (AvgIpc) is 2.94. The van der Waals surface area contributed by atoms with Gasteiger partial charge >= 0.3 is 0 Å². The molecule has 4 rings (SSSR count). The number of pyridine rings is 1. The fourth-order valence-corrected chi connectivity index (χ4v) is 4.22. The molecular formula is C22H26N4O3. The first-order valence-corrected chi connectivity index (χ1v) is 10.2. The minimum absolute atomic E-state index is 0.00405. The lowest BCUT2D eigenvalue weighted by atomic mass is 10.1. The minimum Gasteiger partial charge on any atom is -0.337 e. The van der Waals surface area contributed by atoms with Crippen molar-refractivity contribution in [2.24, 2.45) is 5.92 Å². The monoisotopic (exact) mass is 394 g/mol. The molecular weight excluding hydrogens is 368 g/mol. The third kappa shape index (κ3) is 3.81. The molecule has 2 saturated heterocycles. The largest absolute Gasteiger partial charge is 0.337 e. The van der Waals surface area contributed by atoms with Gasteiger partial charge in [0.1, 0.15) is 6.04 Å². The Morgan fingerprint density at radius 1 is 1.17 bits per heavy atom. The van der Waals surface area contributed by atoms with Crippen LogP contribution in [0.5, 0.6) is 0 Å². The third-order valence-corrected chi connectivity index (χ3v) is 5.63. The molecule has 0 radical (unpaired) electrons. The Labute approximate surface area is 170 Å². The van der Waals surface area contributed by atoms with E-state index in [2.05, 4.69) is 4.98 Å². The lowest BCUT2D eigenvalue weighted by Gasteiger charge is -2.39. The van der Waals surface area contributed by atoms with Crippen molar-refractivity contribution in [2.45, 2.75) is 26.3 Å². The molecule has 3 amide bonds. The molecule has 1 aromatic heterocycles. The molecule has 152 valence electrons. The molecule has 2 aliphatic heterocycles. The lowest BCUT2D eigenvalue weighted by molar-refractivity contribution is -0.156. The maximum atomic E-state index is 13.1. The van der Waals surface area contributed by atoms with E-state index in [1.54, 1.807) is 27.0 Å². The van der Waals surface area contributed by atoms with Crippen molar-refractivity contribution < 1.29 is 14.4 Å². The second-order valence-corrected chi connectivity index (χ2v) is 8.21. The second kappa shape index (κ2) is 7.81. The van der Waals surface area contributed by atoms with Gasteiger partial charge in [0.25, 0.3) is 5.91 Å². The number of carbonyl (C=O) groups is 3. The molecule has 0 N–H and O–H groups in total. The van der Waals surface area contributed by atoms with E-state index >= 15 is 0 Å². The Morgan fingerprint density at radius 3 is 2.79 bits per heavy atom. The third-order valence-electron chi connectivity index (χ3n) is 5.63. The number of nitrogens with zero attached hydrogens (tertiary/aromatic N) is 4. The van der Waals surface area contributed by atoms with Gasteiger partial charge in [-0.15, -0.1) is 0 Å². The Kier molecular flexibility index (Phi) is 5.22. The first-order valence-electron chi connectivity index (χ1n) is 10.2. The maximum Gasteiger partial charge on any atom is 0.253 e. The number of hydrogen-bond acceptors (Lipinski definition) is 4. The molecule has 2 fully saturated rings. The van der Waals surface area contributed by atoms with Crippen LogP contribution in [-0.2, 0) is 9.59 Å². The molecule has 0 saturated carbocycles. The topological polar surface area (TPSA) is 73.8 Å². The molecule has 0 spiro atoms. The molecule has 0 bridgehead atoms. The molecule has 1 unspecified atom stereocenters. The van der Waals surface area contributed by atoms with Crippen molar-refractivity contribution in [2.75, 3.05) is 32.7 Å². The van der Waals surface area contributed by atoms with Crippen LogP contribution in [0.1, 0.15) is 30.6 Å². The zero-order valence-corrected chi connectivity index (χ0v) is 16.9. The van der Waals surface area contributed by atoms with Crippen molar-refractivity contribution in [3.63, 3.8) is 0 Å². The number of fused-ring (bicyclic) bond motifs is 2. The van der Waals surface area contributed by atoms with Gasteiger partial charge in [-0.3, -0.25) is 19.4 Å². The van der Waals surface area contributed by atoms with Crippen LogP contribution in [-0.4, -0.2) is 76.2 Å². The Bertz CT molecular complexity index is 958. The van der Waals surface area contributed by atoms with Crippen LogP contribution in [0.2, 0.25) is 0 Å². The Morgan fingerprint density at radius 2 is 2.00 bits per heavy atom. The van der Waals surface area contributed by atoms with E-state index in [1.165, 1.54) is 0 Å². The number of aromatic nitrogens is 1. The van der Waals surface area contributed by atoms with E-state index in [1.807, 2.05) is 38.1 Å². The molecule has 1 aromatic carbocycles. The molecule has 3 heterocycles. The first-order chi connectivity index (χ1) is 13.9. The van der Waals surface area contributed by atoms with Gasteiger partial charge in [0.05, 0.1) is 12.1 Å². The van der Waals surface area contributed by atoms with Crippen molar-refractivity contribution in [3.05, 3.63) is 42.1 Å². The molecule has 2 aromatic rings. The smallest absolute Gasteiger partial charge is 0.253 e. The van der Waals surface area contributed by atoms with Gasteiger partial charge in [-0.25, -0.2) is 0 Å². The summed E-state index contributed by atoms with van der Waals surface area (Å²) in [6, 6.07) is 8.80. The molecule has 1 atom stereocenters. The van der Waals surface area contributed by atoms with E-state index < -0.39 is 6.04 Å². The van der Waals surface area contributed by atoms with Crippen LogP contribution in [0.25, 0.3) is 10.9 Å². The number of rotatable bonds is 3. The van der Waals surface area contributed by atoms with Crippen LogP contribution in [0.4, 0.5) is 0 Å². The van der Waals surface area contributed by atoms with E-state index in [0.29, 0.717) is 44.1 Å². The average molecular weight is 394 g/mol. The van der Waals surface area contributed by atoms with Crippen molar-refractivity contribution in [1.82, 2.24) is 19.7 Å². The lowest BCUT2D eigenvalue weighted by Crippen LogP contribution is -2.60. The van der Waals surface area contributed by atoms with Crippen LogP contribution in [0.3, 0.4) is 0 Å². The van der Waals surface area contributed by atoms with Crippen molar-refractivity contribution in [3.8, 4) is 0 Å². The van der Waals surface area contributed by atoms with E-state index in [-0.39, 0.29) is 24.3 Å². The maximum absolute atomic E-state index is 13.1. The SMILES string of the molecule is CC(C)CN1CC(=O)N2CCN(C(=O)c3ccc4ncccc4c3)CCC2C1=O. The number of hydrogen-bond donors (Lipinski definition) is 0. The molecule has 7 heteroatoms. The summed E-state index contributed by atoms with van der Waals surface area (Å²) in [6.07, 6.45) is 2.20. The van der Waals surface area contributed by atoms with E-state index in [0.717, 1.165) is 10.9 Å². The fraction of sp³-hybridized carbons (Fsp3) is 0.455.